The molecule has 2 heterocycles. The maximum absolute atomic E-state index is 11.0. The summed E-state index contributed by atoms with van der Waals surface area (Å²) in [5.41, 5.74) is 0. The molecule has 0 saturated carbocycles. The molecule has 0 spiro atoms. The van der Waals surface area contributed by atoms with Gasteiger partial charge in [0, 0.05) is 13.3 Å². The number of hydrogen-bond donors (Lipinski definition) is 1. The first-order chi connectivity index (χ1) is 8.58. The van der Waals surface area contributed by atoms with Crippen molar-refractivity contribution in [3.8, 4) is 0 Å². The lowest BCUT2D eigenvalue weighted by molar-refractivity contribution is 0.0988. The van der Waals surface area contributed by atoms with Gasteiger partial charge in [-0.3, -0.25) is 10.1 Å². The summed E-state index contributed by atoms with van der Waals surface area (Å²) in [6.07, 6.45) is 1.95. The molecule has 0 aliphatic carbocycles. The molecule has 0 atom stereocenters. The van der Waals surface area contributed by atoms with E-state index in [9.17, 15) is 4.79 Å². The number of aromatic nitrogens is 4. The molecule has 2 rings (SSSR count). The van der Waals surface area contributed by atoms with Crippen LogP contribution in [0.5, 0.6) is 0 Å². The maximum Gasteiger partial charge on any atom is 0.302 e. The van der Waals surface area contributed by atoms with Gasteiger partial charge in [-0.1, -0.05) is 6.92 Å². The topological polar surface area (TPSA) is 93.8 Å². The Hall–Kier alpha value is -2.02. The summed E-state index contributed by atoms with van der Waals surface area (Å²) in [6.45, 7) is 3.29. The molecule has 0 bridgehead atoms. The normalized spacial score (nSPS) is 10.4. The maximum atomic E-state index is 11.0. The number of nitrogens with one attached hydrogen (secondary N) is 1. The van der Waals surface area contributed by atoms with E-state index in [0.29, 0.717) is 12.2 Å². The number of oxazole rings is 1. The number of anilines is 2. The van der Waals surface area contributed by atoms with Gasteiger partial charge in [0.25, 0.3) is 0 Å². The molecule has 0 fully saturated rings. The van der Waals surface area contributed by atoms with E-state index < -0.39 is 0 Å². The molecular weight excluding hydrogens is 258 g/mol. The Bertz CT molecular complexity index is 583. The highest BCUT2D eigenvalue weighted by Crippen LogP contribution is 2.15. The van der Waals surface area contributed by atoms with Gasteiger partial charge >= 0.3 is 6.01 Å². The second-order valence-electron chi connectivity index (χ2n) is 3.41. The van der Waals surface area contributed by atoms with Gasteiger partial charge in [-0.25, -0.2) is 9.97 Å². The fourth-order valence-corrected chi connectivity index (χ4v) is 1.37. The van der Waals surface area contributed by atoms with E-state index in [1.165, 1.54) is 13.1 Å². The Morgan fingerprint density at radius 3 is 2.83 bits per heavy atom. The van der Waals surface area contributed by atoms with Crippen LogP contribution in [0.3, 0.4) is 0 Å². The molecule has 18 heavy (non-hydrogen) atoms. The molecule has 2 aromatic heterocycles. The van der Waals surface area contributed by atoms with Crippen LogP contribution >= 0.6 is 11.6 Å². The third-order valence-electron chi connectivity index (χ3n) is 2.04. The lowest BCUT2D eigenvalue weighted by atomic mass is 10.4. The number of Topliss-reactive ketones (excluding diaryl/α,β-unsaturated/α-hetero) is 1. The highest BCUT2D eigenvalue weighted by Gasteiger charge is 2.10. The number of hydrogen-bond acceptors (Lipinski definition) is 7. The standard InChI is InChI=1S/C10H10ClN5O2/c1-3-7-13-8(11)15-9(14-7)16-10-12-4-6(18-10)5(2)17/h4H,3H2,1-2H3,(H,12,13,14,15,16). The zero-order valence-electron chi connectivity index (χ0n) is 9.77. The van der Waals surface area contributed by atoms with Crippen LogP contribution in [-0.4, -0.2) is 25.7 Å². The second-order valence-corrected chi connectivity index (χ2v) is 3.75. The second kappa shape index (κ2) is 5.09. The van der Waals surface area contributed by atoms with Crippen LogP contribution in [0.1, 0.15) is 30.2 Å². The first-order valence-electron chi connectivity index (χ1n) is 5.22. The average molecular weight is 268 g/mol. The fraction of sp³-hybridized carbons (Fsp3) is 0.300. The van der Waals surface area contributed by atoms with Crippen molar-refractivity contribution in [3.63, 3.8) is 0 Å². The summed E-state index contributed by atoms with van der Waals surface area (Å²) in [4.78, 5) is 26.8. The first-order valence-corrected chi connectivity index (χ1v) is 5.60. The van der Waals surface area contributed by atoms with Crippen molar-refractivity contribution in [1.82, 2.24) is 19.9 Å². The quantitative estimate of drug-likeness (QED) is 0.847. The summed E-state index contributed by atoms with van der Waals surface area (Å²) in [5, 5.41) is 2.80. The van der Waals surface area contributed by atoms with Crippen molar-refractivity contribution in [3.05, 3.63) is 23.1 Å². The van der Waals surface area contributed by atoms with Gasteiger partial charge in [0.2, 0.25) is 11.2 Å². The Balaban J connectivity index is 2.22. The molecule has 0 saturated heterocycles. The van der Waals surface area contributed by atoms with E-state index in [0.717, 1.165) is 0 Å². The van der Waals surface area contributed by atoms with Crippen LogP contribution in [0.4, 0.5) is 12.0 Å². The van der Waals surface area contributed by atoms with E-state index in [4.69, 9.17) is 16.0 Å². The van der Waals surface area contributed by atoms with Crippen LogP contribution < -0.4 is 5.32 Å². The Morgan fingerprint density at radius 1 is 1.44 bits per heavy atom. The fourth-order valence-electron chi connectivity index (χ4n) is 1.20. The van der Waals surface area contributed by atoms with Gasteiger partial charge < -0.3 is 4.42 Å². The molecule has 2 aromatic rings. The van der Waals surface area contributed by atoms with Crippen molar-refractivity contribution in [2.45, 2.75) is 20.3 Å². The number of ketones is 1. The molecule has 8 heteroatoms. The van der Waals surface area contributed by atoms with Crippen molar-refractivity contribution in [1.29, 1.82) is 0 Å². The summed E-state index contributed by atoms with van der Waals surface area (Å²) < 4.78 is 5.15. The molecule has 0 amide bonds. The molecule has 0 aromatic carbocycles. The molecule has 7 nitrogen and oxygen atoms in total. The largest absolute Gasteiger partial charge is 0.420 e. The Labute approximate surface area is 108 Å². The van der Waals surface area contributed by atoms with Crippen molar-refractivity contribution in [2.24, 2.45) is 0 Å². The number of carbonyl (C=O) groups excluding carboxylic acids is 1. The number of carbonyl (C=O) groups is 1. The average Bonchev–Trinajstić information content (AvgIpc) is 2.76. The predicted molar refractivity (Wildman–Crippen MR) is 64.0 cm³/mol. The molecule has 0 aliphatic heterocycles. The van der Waals surface area contributed by atoms with Crippen LogP contribution in [-0.2, 0) is 6.42 Å². The first kappa shape index (κ1) is 12.4. The van der Waals surface area contributed by atoms with Gasteiger partial charge in [-0.15, -0.1) is 0 Å². The molecular formula is C10H10ClN5O2. The monoisotopic (exact) mass is 267 g/mol. The zero-order chi connectivity index (χ0) is 13.1. The van der Waals surface area contributed by atoms with E-state index in [2.05, 4.69) is 25.3 Å². The van der Waals surface area contributed by atoms with Gasteiger partial charge in [0.05, 0.1) is 6.20 Å². The minimum absolute atomic E-state index is 0.0858. The van der Waals surface area contributed by atoms with Gasteiger partial charge in [0.15, 0.2) is 11.5 Å². The number of aryl methyl sites for hydroxylation is 1. The van der Waals surface area contributed by atoms with Crippen molar-refractivity contribution < 1.29 is 9.21 Å². The lowest BCUT2D eigenvalue weighted by Gasteiger charge is -2.02. The minimum Gasteiger partial charge on any atom is -0.420 e. The van der Waals surface area contributed by atoms with E-state index in [1.54, 1.807) is 0 Å². The van der Waals surface area contributed by atoms with E-state index in [-0.39, 0.29) is 28.8 Å². The van der Waals surface area contributed by atoms with Gasteiger partial charge in [-0.05, 0) is 11.6 Å². The van der Waals surface area contributed by atoms with Crippen LogP contribution in [0, 0.1) is 0 Å². The summed E-state index contributed by atoms with van der Waals surface area (Å²) in [5.74, 6) is 0.728. The van der Waals surface area contributed by atoms with Crippen LogP contribution in [0.2, 0.25) is 5.28 Å². The third kappa shape index (κ3) is 2.80. The van der Waals surface area contributed by atoms with E-state index in [1.807, 2.05) is 6.92 Å². The highest BCUT2D eigenvalue weighted by molar-refractivity contribution is 6.28. The Kier molecular flexibility index (Phi) is 3.52. The third-order valence-corrected chi connectivity index (χ3v) is 2.21. The summed E-state index contributed by atoms with van der Waals surface area (Å²) >= 11 is 5.74. The van der Waals surface area contributed by atoms with Crippen LogP contribution in [0.25, 0.3) is 0 Å². The number of nitrogens with zero attached hydrogens (tertiary/aromatic N) is 4. The number of rotatable bonds is 4. The highest BCUT2D eigenvalue weighted by atomic mass is 35.5. The zero-order valence-corrected chi connectivity index (χ0v) is 10.5. The van der Waals surface area contributed by atoms with Gasteiger partial charge in [-0.2, -0.15) is 9.97 Å². The predicted octanol–water partition coefficient (Wildman–Crippen LogP) is 2.02. The minimum atomic E-state index is -0.210. The Morgan fingerprint density at radius 2 is 2.22 bits per heavy atom. The lowest BCUT2D eigenvalue weighted by Crippen LogP contribution is -2.03. The van der Waals surface area contributed by atoms with E-state index >= 15 is 0 Å². The molecule has 0 aliphatic rings. The van der Waals surface area contributed by atoms with Crippen molar-refractivity contribution >= 4 is 29.3 Å². The summed E-state index contributed by atoms with van der Waals surface area (Å²) in [7, 11) is 0. The summed E-state index contributed by atoms with van der Waals surface area (Å²) in [6, 6.07) is 0.129. The number of halogens is 1. The molecule has 0 unspecified atom stereocenters. The molecule has 94 valence electrons. The van der Waals surface area contributed by atoms with Crippen molar-refractivity contribution in [2.75, 3.05) is 5.32 Å². The van der Waals surface area contributed by atoms with Crippen LogP contribution in [0.15, 0.2) is 10.6 Å². The molecule has 1 N–H and O–H groups in total. The molecule has 0 radical (unpaired) electrons. The van der Waals surface area contributed by atoms with Gasteiger partial charge in [0.1, 0.15) is 5.82 Å². The smallest absolute Gasteiger partial charge is 0.302 e. The SMILES string of the molecule is CCc1nc(Cl)nc(Nc2ncc(C(C)=O)o2)n1.